The molecule has 3 aromatic carbocycles. The highest BCUT2D eigenvalue weighted by molar-refractivity contribution is 6.96. The number of H-pyrrole nitrogens is 1. The molecule has 0 spiro atoms. The van der Waals surface area contributed by atoms with Gasteiger partial charge in [0.05, 0.1) is 12.9 Å². The Hall–Kier alpha value is -3.40. The van der Waals surface area contributed by atoms with Crippen LogP contribution in [0, 0.1) is 0 Å². The maximum absolute atomic E-state index is 4.24. The second-order valence-corrected chi connectivity index (χ2v) is 7.93. The zero-order chi connectivity index (χ0) is 20.3. The smallest absolute Gasteiger partial charge is 0.289 e. The molecule has 1 aromatic heterocycles. The van der Waals surface area contributed by atoms with Gasteiger partial charge in [0.15, 0.2) is 0 Å². The minimum Gasteiger partial charge on any atom is -0.395 e. The number of nitrogens with one attached hydrogen (secondary N) is 1. The predicted molar refractivity (Wildman–Crippen MR) is 128 cm³/mol. The number of benzene rings is 3. The van der Waals surface area contributed by atoms with Crippen molar-refractivity contribution in [3.05, 3.63) is 103 Å². The zero-order valence-electron chi connectivity index (χ0n) is 17.1. The molecule has 1 saturated heterocycles. The molecule has 5 rings (SSSR count). The van der Waals surface area contributed by atoms with Crippen LogP contribution in [0.4, 0.5) is 11.5 Å². The fraction of sp³-hybridized carbons (Fsp3) is 0.125. The number of aromatic amines is 1. The van der Waals surface area contributed by atoms with Crippen molar-refractivity contribution in [3.8, 4) is 0 Å². The number of rotatable bonds is 4. The molecule has 146 valence electrons. The lowest BCUT2D eigenvalue weighted by Gasteiger charge is -2.49. The summed E-state index contributed by atoms with van der Waals surface area (Å²) in [5.41, 5.74) is 4.24. The Labute approximate surface area is 178 Å². The average molecular weight is 390 g/mol. The summed E-state index contributed by atoms with van der Waals surface area (Å²) < 4.78 is 0. The van der Waals surface area contributed by atoms with Gasteiger partial charge in [-0.15, -0.1) is 0 Å². The summed E-state index contributed by atoms with van der Waals surface area (Å²) in [5, 5.41) is 7.44. The highest BCUT2D eigenvalue weighted by atomic mass is 15.3. The molecule has 4 aromatic rings. The first kappa shape index (κ1) is 18.6. The SMILES string of the molecule is CC1B(c2ccccc2)N(c2ccccc2)CN(c2ccn[nH]2)B1c1ccccc1. The third-order valence-electron chi connectivity index (χ3n) is 6.14. The van der Waals surface area contributed by atoms with Crippen LogP contribution in [0.5, 0.6) is 0 Å². The van der Waals surface area contributed by atoms with Crippen molar-refractivity contribution in [3.63, 3.8) is 0 Å². The van der Waals surface area contributed by atoms with Crippen LogP contribution in [0.2, 0.25) is 5.72 Å². The molecule has 1 atom stereocenters. The third-order valence-corrected chi connectivity index (χ3v) is 6.14. The average Bonchev–Trinajstić information content (AvgIpc) is 3.35. The largest absolute Gasteiger partial charge is 0.395 e. The summed E-state index contributed by atoms with van der Waals surface area (Å²) in [5.74, 6) is 1.04. The second kappa shape index (κ2) is 8.15. The molecule has 2 heterocycles. The molecule has 30 heavy (non-hydrogen) atoms. The molecule has 0 amide bonds. The number of anilines is 2. The van der Waals surface area contributed by atoms with Crippen molar-refractivity contribution >= 4 is 36.1 Å². The number of aromatic nitrogens is 2. The fourth-order valence-corrected chi connectivity index (χ4v) is 4.84. The molecular formula is C24H24B2N4. The molecule has 0 saturated carbocycles. The van der Waals surface area contributed by atoms with E-state index in [0.29, 0.717) is 5.72 Å². The van der Waals surface area contributed by atoms with Crippen LogP contribution in [0.1, 0.15) is 6.92 Å². The highest BCUT2D eigenvalue weighted by Gasteiger charge is 2.47. The lowest BCUT2D eigenvalue weighted by Crippen LogP contribution is -2.70. The molecule has 0 bridgehead atoms. The van der Waals surface area contributed by atoms with Crippen LogP contribution >= 0.6 is 0 Å². The van der Waals surface area contributed by atoms with Gasteiger partial charge < -0.3 is 9.62 Å². The quantitative estimate of drug-likeness (QED) is 0.543. The molecule has 1 aliphatic heterocycles. The summed E-state index contributed by atoms with van der Waals surface area (Å²) >= 11 is 0. The van der Waals surface area contributed by atoms with Gasteiger partial charge in [-0.05, 0) is 23.9 Å². The van der Waals surface area contributed by atoms with Gasteiger partial charge in [0.2, 0.25) is 0 Å². The summed E-state index contributed by atoms with van der Waals surface area (Å²) in [6.07, 6.45) is 1.83. The molecular weight excluding hydrogens is 366 g/mol. The minimum atomic E-state index is 0.233. The summed E-state index contributed by atoms with van der Waals surface area (Å²) in [6.45, 7) is 3.64. The Kier molecular flexibility index (Phi) is 5.06. The highest BCUT2D eigenvalue weighted by Crippen LogP contribution is 2.32. The molecule has 1 fully saturated rings. The van der Waals surface area contributed by atoms with Crippen molar-refractivity contribution < 1.29 is 0 Å². The Morgan fingerprint density at radius 1 is 0.733 bits per heavy atom. The Morgan fingerprint density at radius 3 is 1.80 bits per heavy atom. The molecule has 0 aliphatic carbocycles. The van der Waals surface area contributed by atoms with Crippen LogP contribution in [0.3, 0.4) is 0 Å². The van der Waals surface area contributed by atoms with E-state index in [1.54, 1.807) is 0 Å². The van der Waals surface area contributed by atoms with Gasteiger partial charge in [-0.2, -0.15) is 5.10 Å². The van der Waals surface area contributed by atoms with Crippen molar-refractivity contribution in [2.75, 3.05) is 16.3 Å². The summed E-state index contributed by atoms with van der Waals surface area (Å²) in [7, 11) is 0. The van der Waals surface area contributed by atoms with Crippen LogP contribution in [-0.4, -0.2) is 30.6 Å². The molecule has 1 unspecified atom stereocenters. The second-order valence-electron chi connectivity index (χ2n) is 7.93. The number of hydrogen-bond acceptors (Lipinski definition) is 3. The van der Waals surface area contributed by atoms with Gasteiger partial charge in [-0.3, -0.25) is 5.10 Å². The lowest BCUT2D eigenvalue weighted by molar-refractivity contribution is 0.911. The van der Waals surface area contributed by atoms with E-state index in [0.717, 1.165) is 12.5 Å². The van der Waals surface area contributed by atoms with Gasteiger partial charge in [0, 0.05) is 5.69 Å². The van der Waals surface area contributed by atoms with Crippen molar-refractivity contribution in [2.45, 2.75) is 12.6 Å². The van der Waals surface area contributed by atoms with Crippen LogP contribution < -0.4 is 20.5 Å². The Bertz CT molecular complexity index is 1060. The zero-order valence-corrected chi connectivity index (χ0v) is 17.1. The predicted octanol–water partition coefficient (Wildman–Crippen LogP) is 3.42. The normalized spacial score (nSPS) is 16.8. The van der Waals surface area contributed by atoms with E-state index in [9.17, 15) is 0 Å². The monoisotopic (exact) mass is 390 g/mol. The van der Waals surface area contributed by atoms with Crippen LogP contribution in [0.15, 0.2) is 103 Å². The molecule has 6 heteroatoms. The Morgan fingerprint density at radius 2 is 1.27 bits per heavy atom. The number of hydrogen-bond donors (Lipinski definition) is 1. The first-order valence-electron chi connectivity index (χ1n) is 10.5. The van der Waals surface area contributed by atoms with Gasteiger partial charge >= 0.3 is 0 Å². The summed E-state index contributed by atoms with van der Waals surface area (Å²) in [6, 6.07) is 34.5. The first-order valence-corrected chi connectivity index (χ1v) is 10.5. The van der Waals surface area contributed by atoms with E-state index in [1.165, 1.54) is 16.6 Å². The maximum atomic E-state index is 4.24. The van der Waals surface area contributed by atoms with E-state index in [4.69, 9.17) is 0 Å². The van der Waals surface area contributed by atoms with E-state index in [-0.39, 0.29) is 13.7 Å². The van der Waals surface area contributed by atoms with Crippen molar-refractivity contribution in [1.82, 2.24) is 10.2 Å². The number of nitrogens with zero attached hydrogens (tertiary/aromatic N) is 3. The standard InChI is InChI=1S/C24H24B2N4/c1-20-25(21-11-5-2-6-12-21)29(23-15-9-4-10-16-23)19-30(24-17-18-27-28-24)26(20)22-13-7-3-8-14-22/h2-18,20H,19H2,1H3,(H,27,28). The minimum absolute atomic E-state index is 0.233. The lowest BCUT2D eigenvalue weighted by atomic mass is 9.25. The fourth-order valence-electron chi connectivity index (χ4n) is 4.84. The maximum Gasteiger partial charge on any atom is 0.289 e. The third kappa shape index (κ3) is 3.39. The van der Waals surface area contributed by atoms with Crippen LogP contribution in [0.25, 0.3) is 0 Å². The molecule has 1 N–H and O–H groups in total. The molecule has 0 radical (unpaired) electrons. The van der Waals surface area contributed by atoms with E-state index in [2.05, 4.69) is 124 Å². The van der Waals surface area contributed by atoms with E-state index >= 15 is 0 Å². The van der Waals surface area contributed by atoms with Gasteiger partial charge in [-0.25, -0.2) is 0 Å². The number of para-hydroxylation sites is 1. The topological polar surface area (TPSA) is 35.2 Å². The first-order chi connectivity index (χ1) is 14.8. The van der Waals surface area contributed by atoms with Gasteiger partial charge in [-0.1, -0.05) is 96.7 Å². The molecule has 4 nitrogen and oxygen atoms in total. The molecule has 1 aliphatic rings. The van der Waals surface area contributed by atoms with Gasteiger partial charge in [0.25, 0.3) is 13.7 Å². The van der Waals surface area contributed by atoms with Crippen LogP contribution in [-0.2, 0) is 0 Å². The van der Waals surface area contributed by atoms with E-state index in [1.807, 2.05) is 6.20 Å². The van der Waals surface area contributed by atoms with Gasteiger partial charge in [0.1, 0.15) is 5.82 Å². The van der Waals surface area contributed by atoms with Crippen molar-refractivity contribution in [2.24, 2.45) is 0 Å². The summed E-state index contributed by atoms with van der Waals surface area (Å²) in [4.78, 5) is 4.96. The van der Waals surface area contributed by atoms with Crippen molar-refractivity contribution in [1.29, 1.82) is 0 Å². The van der Waals surface area contributed by atoms with E-state index < -0.39 is 0 Å². The Balaban J connectivity index is 1.65.